The molecule has 1 aromatic rings. The van der Waals surface area contributed by atoms with Gasteiger partial charge in [-0.05, 0) is 62.3 Å². The summed E-state index contributed by atoms with van der Waals surface area (Å²) >= 11 is 1.60. The van der Waals surface area contributed by atoms with E-state index < -0.39 is 28.7 Å². The molecule has 4 rings (SSSR count). The molecule has 1 N–H and O–H groups in total. The van der Waals surface area contributed by atoms with Crippen LogP contribution >= 0.6 is 11.8 Å². The van der Waals surface area contributed by atoms with E-state index in [1.807, 2.05) is 26.0 Å². The number of nitrogens with zero attached hydrogens (tertiary/aromatic N) is 2. The summed E-state index contributed by atoms with van der Waals surface area (Å²) in [5.74, 6) is -1.23. The maximum absolute atomic E-state index is 14.6. The third kappa shape index (κ3) is 5.42. The molecule has 2 amide bonds. The van der Waals surface area contributed by atoms with E-state index in [9.17, 15) is 19.5 Å². The molecule has 8 nitrogen and oxygen atoms in total. The molecule has 40 heavy (non-hydrogen) atoms. The summed E-state index contributed by atoms with van der Waals surface area (Å²) in [7, 11) is 1.58. The second-order valence-corrected chi connectivity index (χ2v) is 12.9. The van der Waals surface area contributed by atoms with Gasteiger partial charge in [-0.15, -0.1) is 24.9 Å². The summed E-state index contributed by atoms with van der Waals surface area (Å²) in [6.07, 6.45) is 6.79. The van der Waals surface area contributed by atoms with Gasteiger partial charge in [0.25, 0.3) is 5.91 Å². The number of benzene rings is 1. The van der Waals surface area contributed by atoms with E-state index in [-0.39, 0.29) is 48.7 Å². The smallest absolute Gasteiger partial charge is 0.310 e. The molecule has 218 valence electrons. The lowest BCUT2D eigenvalue weighted by molar-refractivity contribution is -0.154. The standard InChI is InChI=1S/C31H42N2O6S/c1-6-8-9-17-39-30(37)25-24-14-15-31(40-24)26(25)28(35)33(22(19-34)18-20(3)4)27(31)29(36)32(16-7-2)21-10-12-23(38-5)13-11-21/h6-7,10-13,20,22,24-27,34H,1-2,8-9,14-19H2,3-5H3/t22-,24+,25-,26+,27?,31?/m1/s1. The van der Waals surface area contributed by atoms with Crippen LogP contribution in [-0.2, 0) is 19.1 Å². The number of rotatable bonds is 14. The highest BCUT2D eigenvalue weighted by Crippen LogP contribution is 2.67. The Balaban J connectivity index is 1.74. The second-order valence-electron chi connectivity index (χ2n) is 11.3. The Labute approximate surface area is 241 Å². The van der Waals surface area contributed by atoms with Crippen molar-refractivity contribution in [3.63, 3.8) is 0 Å². The van der Waals surface area contributed by atoms with Gasteiger partial charge in [-0.25, -0.2) is 0 Å². The van der Waals surface area contributed by atoms with Crippen LogP contribution in [0.15, 0.2) is 49.6 Å². The van der Waals surface area contributed by atoms with Crippen molar-refractivity contribution >= 4 is 35.2 Å². The number of unbranched alkanes of at least 4 members (excludes halogenated alkanes) is 1. The summed E-state index contributed by atoms with van der Waals surface area (Å²) in [6.45, 7) is 11.9. The van der Waals surface area contributed by atoms with Crippen LogP contribution in [0.4, 0.5) is 5.69 Å². The van der Waals surface area contributed by atoms with Crippen LogP contribution in [0, 0.1) is 17.8 Å². The first-order valence-corrected chi connectivity index (χ1v) is 15.1. The van der Waals surface area contributed by atoms with Crippen LogP contribution in [0.2, 0.25) is 0 Å². The summed E-state index contributed by atoms with van der Waals surface area (Å²) < 4.78 is 10.2. The lowest BCUT2D eigenvalue weighted by Gasteiger charge is -2.40. The van der Waals surface area contributed by atoms with E-state index in [0.717, 1.165) is 12.8 Å². The number of hydrogen-bond donors (Lipinski definition) is 1. The molecular weight excluding hydrogens is 528 g/mol. The first-order valence-electron chi connectivity index (χ1n) is 14.2. The van der Waals surface area contributed by atoms with Crippen molar-refractivity contribution in [3.8, 4) is 5.75 Å². The highest BCUT2D eigenvalue weighted by molar-refractivity contribution is 8.02. The zero-order valence-electron chi connectivity index (χ0n) is 23.8. The molecule has 0 aromatic heterocycles. The minimum absolute atomic E-state index is 0.0789. The van der Waals surface area contributed by atoms with Gasteiger partial charge in [-0.2, -0.15) is 0 Å². The monoisotopic (exact) mass is 570 g/mol. The van der Waals surface area contributed by atoms with Gasteiger partial charge in [-0.3, -0.25) is 14.4 Å². The molecule has 3 fully saturated rings. The SMILES string of the molecule is C=CCCCOC(=O)[C@@H]1[C@@H]2CCC3(S2)C(C(=O)N(CC=C)c2ccc(OC)cc2)N([C@@H](CO)CC(C)C)C(=O)[C@H]13. The largest absolute Gasteiger partial charge is 0.497 e. The maximum Gasteiger partial charge on any atom is 0.310 e. The number of ether oxygens (including phenoxy) is 2. The van der Waals surface area contributed by atoms with Crippen molar-refractivity contribution in [2.24, 2.45) is 17.8 Å². The molecule has 3 aliphatic rings. The van der Waals surface area contributed by atoms with Gasteiger partial charge in [0.2, 0.25) is 5.91 Å². The molecule has 2 unspecified atom stereocenters. The van der Waals surface area contributed by atoms with Gasteiger partial charge in [0, 0.05) is 17.5 Å². The molecular formula is C31H42N2O6S. The Morgan fingerprint density at radius 1 is 1.25 bits per heavy atom. The van der Waals surface area contributed by atoms with Gasteiger partial charge < -0.3 is 24.4 Å². The number of allylic oxidation sites excluding steroid dienone is 1. The number of aliphatic hydroxyl groups is 1. The number of esters is 1. The lowest BCUT2D eigenvalue weighted by atomic mass is 9.71. The maximum atomic E-state index is 14.6. The van der Waals surface area contributed by atoms with E-state index >= 15 is 0 Å². The fraction of sp³-hybridized carbons (Fsp3) is 0.581. The normalized spacial score (nSPS) is 27.4. The number of amides is 2. The molecule has 6 atom stereocenters. The van der Waals surface area contributed by atoms with Crippen LogP contribution in [0.1, 0.15) is 46.0 Å². The van der Waals surface area contributed by atoms with Crippen molar-refractivity contribution in [3.05, 3.63) is 49.6 Å². The molecule has 0 radical (unpaired) electrons. The number of thioether (sulfide) groups is 1. The van der Waals surface area contributed by atoms with E-state index in [2.05, 4.69) is 13.2 Å². The van der Waals surface area contributed by atoms with Gasteiger partial charge in [0.1, 0.15) is 11.8 Å². The average Bonchev–Trinajstić information content (AvgIpc) is 3.59. The first-order chi connectivity index (χ1) is 19.2. The topological polar surface area (TPSA) is 96.4 Å². The number of hydrogen-bond acceptors (Lipinski definition) is 7. The van der Waals surface area contributed by atoms with Gasteiger partial charge in [0.15, 0.2) is 0 Å². The van der Waals surface area contributed by atoms with Crippen molar-refractivity contribution in [2.75, 3.05) is 31.8 Å². The van der Waals surface area contributed by atoms with Gasteiger partial charge in [0.05, 0.1) is 42.9 Å². The van der Waals surface area contributed by atoms with Crippen LogP contribution in [0.3, 0.4) is 0 Å². The minimum atomic E-state index is -0.823. The Morgan fingerprint density at radius 2 is 1.98 bits per heavy atom. The third-order valence-electron chi connectivity index (χ3n) is 8.35. The van der Waals surface area contributed by atoms with E-state index in [1.54, 1.807) is 53.0 Å². The summed E-state index contributed by atoms with van der Waals surface area (Å²) in [5.41, 5.74) is 0.665. The number of carbonyl (C=O) groups excluding carboxylic acids is 3. The molecule has 2 bridgehead atoms. The zero-order valence-corrected chi connectivity index (χ0v) is 24.6. The zero-order chi connectivity index (χ0) is 29.0. The Kier molecular flexibility index (Phi) is 9.67. The van der Waals surface area contributed by atoms with E-state index in [1.165, 1.54) is 0 Å². The first kappa shape index (κ1) is 30.2. The predicted molar refractivity (Wildman–Crippen MR) is 157 cm³/mol. The van der Waals surface area contributed by atoms with E-state index in [0.29, 0.717) is 30.7 Å². The number of fused-ring (bicyclic) bond motifs is 1. The summed E-state index contributed by atoms with van der Waals surface area (Å²) in [5, 5.41) is 10.4. The van der Waals surface area contributed by atoms with Crippen LogP contribution < -0.4 is 9.64 Å². The number of anilines is 1. The average molecular weight is 571 g/mol. The number of aliphatic hydroxyl groups excluding tert-OH is 1. The Morgan fingerprint density at radius 3 is 2.58 bits per heavy atom. The molecule has 1 spiro atoms. The summed E-state index contributed by atoms with van der Waals surface area (Å²) in [6, 6.07) is 5.86. The molecule has 0 saturated carbocycles. The third-order valence-corrected chi connectivity index (χ3v) is 10.3. The fourth-order valence-electron chi connectivity index (χ4n) is 6.71. The Bertz CT molecular complexity index is 1110. The summed E-state index contributed by atoms with van der Waals surface area (Å²) in [4.78, 5) is 45.6. The van der Waals surface area contributed by atoms with E-state index in [4.69, 9.17) is 9.47 Å². The Hall–Kier alpha value is -2.78. The van der Waals surface area contributed by atoms with Crippen LogP contribution in [0.5, 0.6) is 5.75 Å². The second kappa shape index (κ2) is 12.8. The molecule has 3 saturated heterocycles. The van der Waals surface area contributed by atoms with Crippen molar-refractivity contribution in [1.82, 2.24) is 4.90 Å². The van der Waals surface area contributed by atoms with Crippen LogP contribution in [0.25, 0.3) is 0 Å². The number of methoxy groups -OCH3 is 1. The molecule has 9 heteroatoms. The minimum Gasteiger partial charge on any atom is -0.497 e. The molecule has 3 aliphatic heterocycles. The highest BCUT2D eigenvalue weighted by Gasteiger charge is 2.74. The quantitative estimate of drug-likeness (QED) is 0.203. The van der Waals surface area contributed by atoms with Crippen molar-refractivity contribution in [1.29, 1.82) is 0 Å². The van der Waals surface area contributed by atoms with Crippen molar-refractivity contribution < 1.29 is 29.0 Å². The number of likely N-dealkylation sites (tertiary alicyclic amines) is 1. The highest BCUT2D eigenvalue weighted by atomic mass is 32.2. The lowest BCUT2D eigenvalue weighted by Crippen LogP contribution is -2.57. The van der Waals surface area contributed by atoms with Gasteiger partial charge in [-0.1, -0.05) is 26.0 Å². The predicted octanol–water partition coefficient (Wildman–Crippen LogP) is 4.22. The van der Waals surface area contributed by atoms with Crippen molar-refractivity contribution in [2.45, 2.75) is 68.0 Å². The molecule has 3 heterocycles. The molecule has 1 aromatic carbocycles. The number of carbonyl (C=O) groups is 3. The fourth-order valence-corrected chi connectivity index (χ4v) is 8.90. The van der Waals surface area contributed by atoms with Crippen LogP contribution in [-0.4, -0.2) is 76.7 Å². The van der Waals surface area contributed by atoms with Gasteiger partial charge >= 0.3 is 5.97 Å². The molecule has 0 aliphatic carbocycles.